The summed E-state index contributed by atoms with van der Waals surface area (Å²) in [5.74, 6) is 0. The van der Waals surface area contributed by atoms with Gasteiger partial charge in [-0.15, -0.1) is 0 Å². The van der Waals surface area contributed by atoms with Gasteiger partial charge in [0.2, 0.25) is 0 Å². The number of nitrogens with one attached hydrogen (secondary N) is 1. The minimum absolute atomic E-state index is 0.128. The van der Waals surface area contributed by atoms with Crippen molar-refractivity contribution in [2.45, 2.75) is 6.92 Å². The fourth-order valence-corrected chi connectivity index (χ4v) is 0.728. The summed E-state index contributed by atoms with van der Waals surface area (Å²) in [6.45, 7) is 1.79. The van der Waals surface area contributed by atoms with Crippen molar-refractivity contribution in [3.63, 3.8) is 0 Å². The minimum Gasteiger partial charge on any atom is -0.375 e. The summed E-state index contributed by atoms with van der Waals surface area (Å²) in [6, 6.07) is 0. The zero-order chi connectivity index (χ0) is 9.68. The first-order chi connectivity index (χ1) is 6.20. The van der Waals surface area contributed by atoms with E-state index in [0.717, 1.165) is 0 Å². The average molecular weight is 195 g/mol. The zero-order valence-corrected chi connectivity index (χ0v) is 7.88. The highest BCUT2D eigenvalue weighted by atomic mass is 32.1. The molecule has 0 fully saturated rings. The average Bonchev–Trinajstić information content (AvgIpc) is 2.15. The van der Waals surface area contributed by atoms with Gasteiger partial charge in [0.25, 0.3) is 0 Å². The number of hydrogen-bond donors (Lipinski definition) is 2. The molecule has 68 valence electrons. The maximum Gasteiger partial charge on any atom is 0.184 e. The fraction of sp³-hybridized carbons (Fsp3) is 0.143. The SMILES string of the molecule is CC(=NNC(N)=S)c1cnccn1. The van der Waals surface area contributed by atoms with Crippen molar-refractivity contribution in [3.05, 3.63) is 24.3 Å². The minimum atomic E-state index is 0.128. The van der Waals surface area contributed by atoms with Crippen molar-refractivity contribution in [2.75, 3.05) is 0 Å². The Balaban J connectivity index is 2.73. The molecule has 0 unspecified atom stereocenters. The van der Waals surface area contributed by atoms with Crippen LogP contribution in [0.5, 0.6) is 0 Å². The van der Waals surface area contributed by atoms with Crippen LogP contribution in [0.25, 0.3) is 0 Å². The Kier molecular flexibility index (Phi) is 3.27. The normalized spacial score (nSPS) is 11.0. The summed E-state index contributed by atoms with van der Waals surface area (Å²) in [6.07, 6.45) is 4.80. The zero-order valence-electron chi connectivity index (χ0n) is 7.06. The lowest BCUT2D eigenvalue weighted by Gasteiger charge is -1.99. The summed E-state index contributed by atoms with van der Waals surface area (Å²) in [4.78, 5) is 7.94. The molecule has 6 heteroatoms. The Morgan fingerprint density at radius 2 is 2.38 bits per heavy atom. The van der Waals surface area contributed by atoms with Gasteiger partial charge in [-0.2, -0.15) is 5.10 Å². The Bertz CT molecular complexity index is 321. The number of nitrogens with two attached hydrogens (primary N) is 1. The van der Waals surface area contributed by atoms with Crippen LogP contribution in [0.1, 0.15) is 12.6 Å². The van der Waals surface area contributed by atoms with Gasteiger partial charge < -0.3 is 5.73 Å². The van der Waals surface area contributed by atoms with E-state index in [1.54, 1.807) is 25.5 Å². The molecular formula is C7H9N5S. The standard InChI is InChI=1S/C7H9N5S/c1-5(11-12-7(8)13)6-4-9-2-3-10-6/h2-4H,1H3,(H3,8,12,13). The van der Waals surface area contributed by atoms with Crippen molar-refractivity contribution >= 4 is 23.0 Å². The molecule has 13 heavy (non-hydrogen) atoms. The molecule has 0 spiro atoms. The van der Waals surface area contributed by atoms with E-state index in [1.165, 1.54) is 0 Å². The molecule has 0 amide bonds. The summed E-state index contributed by atoms with van der Waals surface area (Å²) >= 11 is 4.59. The number of nitrogens with zero attached hydrogens (tertiary/aromatic N) is 3. The number of aromatic nitrogens is 2. The predicted octanol–water partition coefficient (Wildman–Crippen LogP) is 0.0338. The first-order valence-corrected chi connectivity index (χ1v) is 3.97. The van der Waals surface area contributed by atoms with Crippen LogP contribution in [0.2, 0.25) is 0 Å². The molecular weight excluding hydrogens is 186 g/mol. The quantitative estimate of drug-likeness (QED) is 0.395. The molecule has 0 aliphatic carbocycles. The van der Waals surface area contributed by atoms with Crippen molar-refractivity contribution in [2.24, 2.45) is 10.8 Å². The maximum atomic E-state index is 5.20. The van der Waals surface area contributed by atoms with Gasteiger partial charge in [0.1, 0.15) is 5.69 Å². The molecule has 3 N–H and O–H groups in total. The van der Waals surface area contributed by atoms with Gasteiger partial charge in [0, 0.05) is 12.4 Å². The van der Waals surface area contributed by atoms with Crippen molar-refractivity contribution in [1.82, 2.24) is 15.4 Å². The van der Waals surface area contributed by atoms with Crippen LogP contribution in [0.4, 0.5) is 0 Å². The summed E-state index contributed by atoms with van der Waals surface area (Å²) in [5, 5.41) is 4.02. The number of hydrogen-bond acceptors (Lipinski definition) is 4. The molecule has 1 aromatic rings. The largest absolute Gasteiger partial charge is 0.375 e. The van der Waals surface area contributed by atoms with Crippen LogP contribution in [0.15, 0.2) is 23.7 Å². The van der Waals surface area contributed by atoms with Crippen LogP contribution >= 0.6 is 12.2 Å². The highest BCUT2D eigenvalue weighted by Gasteiger charge is 1.97. The molecule has 0 aliphatic heterocycles. The second-order valence-electron chi connectivity index (χ2n) is 2.26. The summed E-state index contributed by atoms with van der Waals surface area (Å²) in [5.41, 5.74) is 9.04. The lowest BCUT2D eigenvalue weighted by atomic mass is 10.3. The lowest BCUT2D eigenvalue weighted by Crippen LogP contribution is -2.25. The monoisotopic (exact) mass is 195 g/mol. The van der Waals surface area contributed by atoms with Crippen molar-refractivity contribution in [1.29, 1.82) is 0 Å². The first-order valence-electron chi connectivity index (χ1n) is 3.56. The third kappa shape index (κ3) is 3.12. The first kappa shape index (κ1) is 9.53. The topological polar surface area (TPSA) is 76.2 Å². The second-order valence-corrected chi connectivity index (χ2v) is 2.70. The fourth-order valence-electron chi connectivity index (χ4n) is 0.682. The second kappa shape index (κ2) is 4.46. The number of rotatable bonds is 2. The third-order valence-electron chi connectivity index (χ3n) is 1.27. The molecule has 0 saturated heterocycles. The highest BCUT2D eigenvalue weighted by Crippen LogP contribution is 1.91. The Morgan fingerprint density at radius 3 is 2.92 bits per heavy atom. The highest BCUT2D eigenvalue weighted by molar-refractivity contribution is 7.80. The molecule has 5 nitrogen and oxygen atoms in total. The van der Waals surface area contributed by atoms with E-state index in [4.69, 9.17) is 5.73 Å². The Labute approximate surface area is 81.1 Å². The maximum absolute atomic E-state index is 5.20. The smallest absolute Gasteiger partial charge is 0.184 e. The molecule has 1 rings (SSSR count). The number of thiocarbonyl (C=S) groups is 1. The molecule has 0 aliphatic rings. The number of hydrazone groups is 1. The molecule has 0 bridgehead atoms. The van der Waals surface area contributed by atoms with Crippen LogP contribution in [0, 0.1) is 0 Å². The third-order valence-corrected chi connectivity index (χ3v) is 1.36. The van der Waals surface area contributed by atoms with Crippen LogP contribution in [-0.2, 0) is 0 Å². The van der Waals surface area contributed by atoms with Crippen molar-refractivity contribution in [3.8, 4) is 0 Å². The summed E-state index contributed by atoms with van der Waals surface area (Å²) < 4.78 is 0. The van der Waals surface area contributed by atoms with Crippen LogP contribution < -0.4 is 11.2 Å². The Hall–Kier alpha value is -1.56. The predicted molar refractivity (Wildman–Crippen MR) is 54.2 cm³/mol. The van der Waals surface area contributed by atoms with Gasteiger partial charge in [-0.1, -0.05) is 0 Å². The van der Waals surface area contributed by atoms with E-state index in [0.29, 0.717) is 11.4 Å². The molecule has 1 heterocycles. The molecule has 0 atom stereocenters. The van der Waals surface area contributed by atoms with E-state index in [-0.39, 0.29) is 5.11 Å². The van der Waals surface area contributed by atoms with E-state index < -0.39 is 0 Å². The molecule has 0 saturated carbocycles. The molecule has 0 aromatic carbocycles. The van der Waals surface area contributed by atoms with E-state index in [1.807, 2.05) is 0 Å². The molecule has 0 radical (unpaired) electrons. The van der Waals surface area contributed by atoms with Gasteiger partial charge in [-0.25, -0.2) is 0 Å². The summed E-state index contributed by atoms with van der Waals surface area (Å²) in [7, 11) is 0. The van der Waals surface area contributed by atoms with Crippen LogP contribution in [0.3, 0.4) is 0 Å². The Morgan fingerprint density at radius 1 is 1.62 bits per heavy atom. The molecule has 1 aromatic heterocycles. The van der Waals surface area contributed by atoms with Gasteiger partial charge in [0.15, 0.2) is 5.11 Å². The van der Waals surface area contributed by atoms with Gasteiger partial charge in [0.05, 0.1) is 11.9 Å². The van der Waals surface area contributed by atoms with Crippen LogP contribution in [-0.4, -0.2) is 20.8 Å². The van der Waals surface area contributed by atoms with E-state index in [9.17, 15) is 0 Å². The van der Waals surface area contributed by atoms with Crippen molar-refractivity contribution < 1.29 is 0 Å². The lowest BCUT2D eigenvalue weighted by molar-refractivity contribution is 1.02. The van der Waals surface area contributed by atoms with Gasteiger partial charge in [-0.3, -0.25) is 15.4 Å². The van der Waals surface area contributed by atoms with Gasteiger partial charge >= 0.3 is 0 Å². The van der Waals surface area contributed by atoms with E-state index in [2.05, 4.69) is 32.7 Å². The van der Waals surface area contributed by atoms with Gasteiger partial charge in [-0.05, 0) is 19.1 Å². The van der Waals surface area contributed by atoms with E-state index >= 15 is 0 Å².